The van der Waals surface area contributed by atoms with Crippen molar-refractivity contribution in [2.45, 2.75) is 31.4 Å². The Bertz CT molecular complexity index is 668. The maximum Gasteiger partial charge on any atom is 0.249 e. The first kappa shape index (κ1) is 15.3. The van der Waals surface area contributed by atoms with Crippen LogP contribution in [0, 0.1) is 0 Å². The van der Waals surface area contributed by atoms with Gasteiger partial charge in [-0.3, -0.25) is 9.10 Å². The summed E-state index contributed by atoms with van der Waals surface area (Å²) in [4.78, 5) is 12.2. The molecule has 0 aromatic heterocycles. The number of para-hydroxylation sites is 1. The summed E-state index contributed by atoms with van der Waals surface area (Å²) in [7, 11) is -3.31. The Morgan fingerprint density at radius 2 is 2.09 bits per heavy atom. The maximum atomic E-state index is 12.2. The lowest BCUT2D eigenvalue weighted by Gasteiger charge is -2.34. The van der Waals surface area contributed by atoms with E-state index in [1.54, 1.807) is 12.1 Å². The molecule has 0 bridgehead atoms. The topological polar surface area (TPSA) is 75.7 Å². The molecule has 0 aliphatic carbocycles. The fourth-order valence-electron chi connectivity index (χ4n) is 3.08. The molecule has 2 atom stereocenters. The standard InChI is InChI=1S/C15H20N2O4S/c1-22(19,20)17-9-8-12(11-5-2-3-6-13(11)17)16-15(18)14-7-4-10-21-14/h2-3,5-6,12,14H,4,7-10H2,1H3,(H,16,18). The second-order valence-electron chi connectivity index (χ2n) is 5.75. The third-order valence-corrected chi connectivity index (χ3v) is 5.32. The Balaban J connectivity index is 1.83. The van der Waals surface area contributed by atoms with Gasteiger partial charge in [0.25, 0.3) is 0 Å². The van der Waals surface area contributed by atoms with E-state index in [-0.39, 0.29) is 18.1 Å². The summed E-state index contributed by atoms with van der Waals surface area (Å²) in [5.74, 6) is -0.106. The van der Waals surface area contributed by atoms with Gasteiger partial charge >= 0.3 is 0 Å². The Labute approximate surface area is 130 Å². The predicted octanol–water partition coefficient (Wildman–Crippen LogP) is 1.19. The third-order valence-electron chi connectivity index (χ3n) is 4.14. The summed E-state index contributed by atoms with van der Waals surface area (Å²) in [5, 5.41) is 3.00. The van der Waals surface area contributed by atoms with Crippen LogP contribution in [0.1, 0.15) is 30.9 Å². The molecule has 1 aromatic carbocycles. The molecule has 2 aliphatic heterocycles. The fourth-order valence-corrected chi connectivity index (χ4v) is 4.04. The van der Waals surface area contributed by atoms with E-state index in [4.69, 9.17) is 4.74 Å². The Hall–Kier alpha value is -1.60. The lowest BCUT2D eigenvalue weighted by Crippen LogP contribution is -2.43. The van der Waals surface area contributed by atoms with Crippen molar-refractivity contribution < 1.29 is 17.9 Å². The van der Waals surface area contributed by atoms with Gasteiger partial charge in [0.1, 0.15) is 6.10 Å². The summed E-state index contributed by atoms with van der Waals surface area (Å²) in [6, 6.07) is 7.14. The first-order chi connectivity index (χ1) is 10.5. The molecule has 2 heterocycles. The number of carbonyl (C=O) groups excluding carboxylic acids is 1. The average Bonchev–Trinajstić information content (AvgIpc) is 3.00. The molecule has 0 saturated carbocycles. The van der Waals surface area contributed by atoms with Gasteiger partial charge in [0.2, 0.25) is 15.9 Å². The van der Waals surface area contributed by atoms with Crippen LogP contribution in [-0.4, -0.2) is 39.8 Å². The number of nitrogens with one attached hydrogen (secondary N) is 1. The molecule has 22 heavy (non-hydrogen) atoms. The van der Waals surface area contributed by atoms with E-state index in [0.29, 0.717) is 25.3 Å². The minimum absolute atomic E-state index is 0.106. The molecule has 1 fully saturated rings. The van der Waals surface area contributed by atoms with E-state index in [2.05, 4.69) is 5.32 Å². The molecule has 1 aromatic rings. The van der Waals surface area contributed by atoms with Crippen molar-refractivity contribution in [2.24, 2.45) is 0 Å². The second-order valence-corrected chi connectivity index (χ2v) is 7.65. The highest BCUT2D eigenvalue weighted by molar-refractivity contribution is 7.92. The number of rotatable bonds is 3. The summed E-state index contributed by atoms with van der Waals surface area (Å²) in [6.45, 7) is 0.994. The molecule has 0 radical (unpaired) electrons. The van der Waals surface area contributed by atoms with Crippen LogP contribution in [0.15, 0.2) is 24.3 Å². The SMILES string of the molecule is CS(=O)(=O)N1CCC(NC(=O)C2CCCO2)c2ccccc21. The van der Waals surface area contributed by atoms with Crippen LogP contribution in [0.2, 0.25) is 0 Å². The Morgan fingerprint density at radius 3 is 2.77 bits per heavy atom. The Kier molecular flexibility index (Phi) is 4.10. The summed E-state index contributed by atoms with van der Waals surface area (Å²) in [6.07, 6.45) is 3.04. The summed E-state index contributed by atoms with van der Waals surface area (Å²) in [5.41, 5.74) is 1.49. The molecule has 2 unspecified atom stereocenters. The largest absolute Gasteiger partial charge is 0.368 e. The van der Waals surface area contributed by atoms with E-state index in [0.717, 1.165) is 18.4 Å². The summed E-state index contributed by atoms with van der Waals surface area (Å²) < 4.78 is 30.6. The molecule has 2 aliphatic rings. The molecule has 1 amide bonds. The predicted molar refractivity (Wildman–Crippen MR) is 83.1 cm³/mol. The number of amides is 1. The lowest BCUT2D eigenvalue weighted by molar-refractivity contribution is -0.130. The normalized spacial score (nSPS) is 24.9. The van der Waals surface area contributed by atoms with Crippen LogP contribution < -0.4 is 9.62 Å². The molecular formula is C15H20N2O4S. The number of fused-ring (bicyclic) bond motifs is 1. The number of carbonyl (C=O) groups is 1. The molecule has 0 spiro atoms. The van der Waals surface area contributed by atoms with Gasteiger partial charge in [-0.2, -0.15) is 0 Å². The highest BCUT2D eigenvalue weighted by atomic mass is 32.2. The minimum atomic E-state index is -3.31. The van der Waals surface area contributed by atoms with Crippen LogP contribution >= 0.6 is 0 Å². The van der Waals surface area contributed by atoms with Crippen molar-refractivity contribution in [1.82, 2.24) is 5.32 Å². The average molecular weight is 324 g/mol. The highest BCUT2D eigenvalue weighted by Crippen LogP contribution is 2.35. The van der Waals surface area contributed by atoms with E-state index in [1.165, 1.54) is 10.6 Å². The zero-order valence-corrected chi connectivity index (χ0v) is 13.3. The van der Waals surface area contributed by atoms with Gasteiger partial charge in [0, 0.05) is 13.2 Å². The number of hydrogen-bond donors (Lipinski definition) is 1. The van der Waals surface area contributed by atoms with Gasteiger partial charge in [-0.1, -0.05) is 18.2 Å². The van der Waals surface area contributed by atoms with Crippen LogP contribution in [0.5, 0.6) is 0 Å². The highest BCUT2D eigenvalue weighted by Gasteiger charge is 2.32. The molecule has 7 heteroatoms. The molecule has 1 saturated heterocycles. The van der Waals surface area contributed by atoms with Crippen molar-refractivity contribution >= 4 is 21.6 Å². The molecule has 3 rings (SSSR count). The van der Waals surface area contributed by atoms with Gasteiger partial charge in [0.15, 0.2) is 0 Å². The van der Waals surface area contributed by atoms with Crippen LogP contribution in [-0.2, 0) is 19.6 Å². The van der Waals surface area contributed by atoms with Crippen molar-refractivity contribution in [1.29, 1.82) is 0 Å². The van der Waals surface area contributed by atoms with Crippen molar-refractivity contribution in [2.75, 3.05) is 23.7 Å². The number of nitrogens with zero attached hydrogens (tertiary/aromatic N) is 1. The Morgan fingerprint density at radius 1 is 1.32 bits per heavy atom. The van der Waals surface area contributed by atoms with E-state index < -0.39 is 10.0 Å². The summed E-state index contributed by atoms with van der Waals surface area (Å²) >= 11 is 0. The number of sulfonamides is 1. The minimum Gasteiger partial charge on any atom is -0.368 e. The number of anilines is 1. The zero-order chi connectivity index (χ0) is 15.7. The van der Waals surface area contributed by atoms with Crippen molar-refractivity contribution in [3.05, 3.63) is 29.8 Å². The molecule has 6 nitrogen and oxygen atoms in total. The zero-order valence-electron chi connectivity index (χ0n) is 12.5. The van der Waals surface area contributed by atoms with Gasteiger partial charge < -0.3 is 10.1 Å². The monoisotopic (exact) mass is 324 g/mol. The van der Waals surface area contributed by atoms with Gasteiger partial charge in [-0.25, -0.2) is 8.42 Å². The van der Waals surface area contributed by atoms with Crippen molar-refractivity contribution in [3.63, 3.8) is 0 Å². The van der Waals surface area contributed by atoms with Gasteiger partial charge in [0.05, 0.1) is 18.0 Å². The van der Waals surface area contributed by atoms with Crippen LogP contribution in [0.25, 0.3) is 0 Å². The van der Waals surface area contributed by atoms with Gasteiger partial charge in [-0.15, -0.1) is 0 Å². The second kappa shape index (κ2) is 5.89. The molecule has 1 N–H and O–H groups in total. The third kappa shape index (κ3) is 2.96. The number of ether oxygens (including phenoxy) is 1. The lowest BCUT2D eigenvalue weighted by atomic mass is 9.97. The van der Waals surface area contributed by atoms with Gasteiger partial charge in [-0.05, 0) is 30.9 Å². The number of hydrogen-bond acceptors (Lipinski definition) is 4. The first-order valence-corrected chi connectivity index (χ1v) is 9.30. The fraction of sp³-hybridized carbons (Fsp3) is 0.533. The van der Waals surface area contributed by atoms with E-state index >= 15 is 0 Å². The van der Waals surface area contributed by atoms with E-state index in [1.807, 2.05) is 12.1 Å². The first-order valence-electron chi connectivity index (χ1n) is 7.45. The molecular weight excluding hydrogens is 304 g/mol. The van der Waals surface area contributed by atoms with Crippen LogP contribution in [0.4, 0.5) is 5.69 Å². The number of benzene rings is 1. The van der Waals surface area contributed by atoms with Crippen molar-refractivity contribution in [3.8, 4) is 0 Å². The van der Waals surface area contributed by atoms with Crippen LogP contribution in [0.3, 0.4) is 0 Å². The molecule has 120 valence electrons. The quantitative estimate of drug-likeness (QED) is 0.906. The maximum absolute atomic E-state index is 12.2. The van der Waals surface area contributed by atoms with E-state index in [9.17, 15) is 13.2 Å². The smallest absolute Gasteiger partial charge is 0.249 e.